The maximum absolute atomic E-state index is 12.8. The van der Waals surface area contributed by atoms with Crippen LogP contribution in [0.15, 0.2) is 24.3 Å². The lowest BCUT2D eigenvalue weighted by Gasteiger charge is -2.19. The zero-order valence-electron chi connectivity index (χ0n) is 58.3. The van der Waals surface area contributed by atoms with Crippen molar-refractivity contribution in [2.75, 3.05) is 26.4 Å². The first-order chi connectivity index (χ1) is 42.8. The van der Waals surface area contributed by atoms with Crippen molar-refractivity contribution in [3.05, 3.63) is 24.3 Å². The van der Waals surface area contributed by atoms with Gasteiger partial charge in [-0.15, -0.1) is 0 Å². The Morgan fingerprint density at radius 1 is 0.333 bits per heavy atom. The Kier molecular flexibility index (Phi) is 72.3. The number of hydrogen-bond acceptors (Lipinski definition) is 8. The summed E-state index contributed by atoms with van der Waals surface area (Å²) >= 11 is 0. The molecule has 0 amide bonds. The van der Waals surface area contributed by atoms with Gasteiger partial charge in [0.25, 0.3) is 0 Å². The lowest BCUT2D eigenvalue weighted by Crippen LogP contribution is -2.29. The molecule has 0 saturated carbocycles. The first-order valence-electron chi connectivity index (χ1n) is 38.8. The number of nitrogens with two attached hydrogens (primary N) is 1. The minimum atomic E-state index is -4.39. The standard InChI is InChI=1S/C77H150NO8P/c1-3-5-7-9-11-13-15-17-19-21-23-25-27-29-31-33-34-35-36-37-38-39-40-42-44-46-48-50-52-54-56-58-60-62-64-66-68-70-77(80)86-75(74-85-87(81,82)84-72-71-78)73-83-76(79)69-67-65-63-61-59-57-55-53-51-49-47-45-43-41-32-30-28-26-24-22-20-18-16-14-12-10-8-6-4-2/h21-24,75H,3-20,25-74,78H2,1-2H3,(H,81,82)/b23-21-,24-22-. The van der Waals surface area contributed by atoms with Crippen LogP contribution in [0, 0.1) is 0 Å². The van der Waals surface area contributed by atoms with Crippen LogP contribution in [0.2, 0.25) is 0 Å². The van der Waals surface area contributed by atoms with Gasteiger partial charge >= 0.3 is 19.8 Å². The molecule has 0 radical (unpaired) electrons. The van der Waals surface area contributed by atoms with E-state index in [0.717, 1.165) is 32.1 Å². The molecule has 0 aliphatic rings. The number of unbranched alkanes of at least 4 members (excludes halogenated alkanes) is 58. The van der Waals surface area contributed by atoms with E-state index in [1.165, 1.54) is 360 Å². The van der Waals surface area contributed by atoms with E-state index in [9.17, 15) is 19.0 Å². The van der Waals surface area contributed by atoms with Gasteiger partial charge in [-0.1, -0.05) is 372 Å². The first-order valence-corrected chi connectivity index (χ1v) is 40.3. The predicted octanol–water partition coefficient (Wildman–Crippen LogP) is 25.7. The zero-order chi connectivity index (χ0) is 63.0. The van der Waals surface area contributed by atoms with Crippen LogP contribution in [0.1, 0.15) is 425 Å². The molecule has 0 bridgehead atoms. The summed E-state index contributed by atoms with van der Waals surface area (Å²) in [5.74, 6) is -0.800. The number of phosphoric ester groups is 1. The molecule has 87 heavy (non-hydrogen) atoms. The van der Waals surface area contributed by atoms with Crippen molar-refractivity contribution in [3.8, 4) is 0 Å². The second-order valence-electron chi connectivity index (χ2n) is 26.6. The smallest absolute Gasteiger partial charge is 0.462 e. The van der Waals surface area contributed by atoms with Crippen LogP contribution in [-0.4, -0.2) is 49.3 Å². The summed E-state index contributed by atoms with van der Waals surface area (Å²) < 4.78 is 33.3. The topological polar surface area (TPSA) is 134 Å². The van der Waals surface area contributed by atoms with Gasteiger partial charge in [-0.05, 0) is 64.2 Å². The fourth-order valence-corrected chi connectivity index (χ4v) is 12.8. The van der Waals surface area contributed by atoms with Crippen LogP contribution >= 0.6 is 7.82 Å². The average molecular weight is 1250 g/mol. The van der Waals surface area contributed by atoms with Crippen molar-refractivity contribution < 1.29 is 37.6 Å². The summed E-state index contributed by atoms with van der Waals surface area (Å²) in [6.07, 6.45) is 91.7. The van der Waals surface area contributed by atoms with E-state index in [0.29, 0.717) is 6.42 Å². The quantitative estimate of drug-likeness (QED) is 0.0264. The molecule has 516 valence electrons. The van der Waals surface area contributed by atoms with E-state index in [1.54, 1.807) is 0 Å². The van der Waals surface area contributed by atoms with Crippen molar-refractivity contribution in [1.29, 1.82) is 0 Å². The van der Waals surface area contributed by atoms with E-state index in [4.69, 9.17) is 24.3 Å². The summed E-state index contributed by atoms with van der Waals surface area (Å²) in [4.78, 5) is 35.4. The largest absolute Gasteiger partial charge is 0.472 e. The number of rotatable bonds is 75. The third kappa shape index (κ3) is 73.4. The first kappa shape index (κ1) is 85.5. The van der Waals surface area contributed by atoms with Crippen molar-refractivity contribution in [2.24, 2.45) is 5.73 Å². The number of ether oxygens (including phenoxy) is 2. The normalized spacial score (nSPS) is 12.9. The monoisotopic (exact) mass is 1250 g/mol. The van der Waals surface area contributed by atoms with Crippen molar-refractivity contribution in [3.63, 3.8) is 0 Å². The Morgan fingerprint density at radius 2 is 0.563 bits per heavy atom. The molecular weight excluding hydrogens is 1100 g/mol. The fraction of sp³-hybridized carbons (Fsp3) is 0.922. The zero-order valence-corrected chi connectivity index (χ0v) is 59.2. The summed E-state index contributed by atoms with van der Waals surface area (Å²) in [5.41, 5.74) is 5.41. The van der Waals surface area contributed by atoms with Gasteiger partial charge in [-0.2, -0.15) is 0 Å². The van der Waals surface area contributed by atoms with Gasteiger partial charge in [0.05, 0.1) is 13.2 Å². The minimum Gasteiger partial charge on any atom is -0.462 e. The van der Waals surface area contributed by atoms with Crippen LogP contribution in [-0.2, 0) is 32.7 Å². The lowest BCUT2D eigenvalue weighted by molar-refractivity contribution is -0.161. The highest BCUT2D eigenvalue weighted by molar-refractivity contribution is 7.47. The maximum atomic E-state index is 12.8. The van der Waals surface area contributed by atoms with Gasteiger partial charge in [0.2, 0.25) is 0 Å². The van der Waals surface area contributed by atoms with Crippen molar-refractivity contribution >= 4 is 19.8 Å². The third-order valence-electron chi connectivity index (χ3n) is 17.8. The highest BCUT2D eigenvalue weighted by Gasteiger charge is 2.26. The van der Waals surface area contributed by atoms with Gasteiger partial charge in [0, 0.05) is 19.4 Å². The maximum Gasteiger partial charge on any atom is 0.472 e. The van der Waals surface area contributed by atoms with E-state index in [1.807, 2.05) is 0 Å². The predicted molar refractivity (Wildman–Crippen MR) is 377 cm³/mol. The number of esters is 2. The van der Waals surface area contributed by atoms with Gasteiger partial charge in [0.15, 0.2) is 6.10 Å². The lowest BCUT2D eigenvalue weighted by atomic mass is 10.0. The van der Waals surface area contributed by atoms with Crippen LogP contribution in [0.3, 0.4) is 0 Å². The molecule has 3 N–H and O–H groups in total. The molecule has 0 fully saturated rings. The molecule has 0 aliphatic heterocycles. The van der Waals surface area contributed by atoms with Crippen molar-refractivity contribution in [1.82, 2.24) is 0 Å². The Balaban J connectivity index is 3.75. The van der Waals surface area contributed by atoms with Gasteiger partial charge < -0.3 is 20.1 Å². The molecule has 0 aliphatic carbocycles. The van der Waals surface area contributed by atoms with E-state index < -0.39 is 26.5 Å². The third-order valence-corrected chi connectivity index (χ3v) is 18.8. The van der Waals surface area contributed by atoms with Crippen LogP contribution in [0.25, 0.3) is 0 Å². The Bertz CT molecular complexity index is 1470. The molecule has 0 heterocycles. The summed E-state index contributed by atoms with van der Waals surface area (Å²) in [6.45, 7) is 3.83. The summed E-state index contributed by atoms with van der Waals surface area (Å²) in [6, 6.07) is 0. The fourth-order valence-electron chi connectivity index (χ4n) is 12.0. The van der Waals surface area contributed by atoms with Gasteiger partial charge in [-0.25, -0.2) is 4.57 Å². The molecule has 2 unspecified atom stereocenters. The second kappa shape index (κ2) is 73.5. The molecule has 0 saturated heterocycles. The molecule has 0 aromatic heterocycles. The van der Waals surface area contributed by atoms with Gasteiger partial charge in [-0.3, -0.25) is 18.6 Å². The number of allylic oxidation sites excluding steroid dienone is 4. The highest BCUT2D eigenvalue weighted by Crippen LogP contribution is 2.43. The highest BCUT2D eigenvalue weighted by atomic mass is 31.2. The number of hydrogen-bond donors (Lipinski definition) is 2. The molecule has 0 aromatic rings. The van der Waals surface area contributed by atoms with Crippen LogP contribution in [0.5, 0.6) is 0 Å². The Hall–Kier alpha value is -1.51. The van der Waals surface area contributed by atoms with E-state index >= 15 is 0 Å². The molecular formula is C77H150NO8P. The molecule has 0 aromatic carbocycles. The summed E-state index contributed by atoms with van der Waals surface area (Å²) in [7, 11) is -4.39. The van der Waals surface area contributed by atoms with E-state index in [2.05, 4.69) is 38.2 Å². The van der Waals surface area contributed by atoms with Crippen LogP contribution < -0.4 is 5.73 Å². The molecule has 10 heteroatoms. The van der Waals surface area contributed by atoms with Crippen LogP contribution in [0.4, 0.5) is 0 Å². The number of carbonyl (C=O) groups is 2. The Morgan fingerprint density at radius 3 is 0.816 bits per heavy atom. The van der Waals surface area contributed by atoms with Crippen molar-refractivity contribution in [2.45, 2.75) is 431 Å². The van der Waals surface area contributed by atoms with E-state index in [-0.39, 0.29) is 38.6 Å². The molecule has 9 nitrogen and oxygen atoms in total. The number of phosphoric acid groups is 1. The van der Waals surface area contributed by atoms with Gasteiger partial charge in [0.1, 0.15) is 6.61 Å². The molecule has 2 atom stereocenters. The second-order valence-corrected chi connectivity index (χ2v) is 28.0. The Labute approximate surface area is 542 Å². The SMILES string of the molecule is CCCCCCCCCC/C=C\CCCCCCCCCCCCCCCCCCCCCCCCCCCC(=O)OC(COC(=O)CCCCCCCCCCCCCCCCCCC/C=C\CCCCCCCCCC)COP(=O)(O)OCCN. The molecule has 0 rings (SSSR count). The minimum absolute atomic E-state index is 0.0572. The summed E-state index contributed by atoms with van der Waals surface area (Å²) in [5, 5.41) is 0. The number of carbonyl (C=O) groups excluding carboxylic acids is 2. The molecule has 0 spiro atoms. The average Bonchev–Trinajstić information content (AvgIpc) is 3.65.